The van der Waals surface area contributed by atoms with Gasteiger partial charge in [-0.05, 0) is 83.8 Å². The first kappa shape index (κ1) is 55.3. The van der Waals surface area contributed by atoms with Crippen molar-refractivity contribution in [3.05, 3.63) is 0 Å². The van der Waals surface area contributed by atoms with Crippen LogP contribution >= 0.6 is 0 Å². The third kappa shape index (κ3) is 37.6. The highest BCUT2D eigenvalue weighted by Gasteiger charge is 2.20. The van der Waals surface area contributed by atoms with Crippen molar-refractivity contribution < 1.29 is 24.5 Å². The largest absolute Gasteiger partial charge is 0.465 e. The van der Waals surface area contributed by atoms with Gasteiger partial charge >= 0.3 is 5.97 Å². The van der Waals surface area contributed by atoms with Gasteiger partial charge in [0, 0.05) is 19.1 Å². The molecule has 0 amide bonds. The van der Waals surface area contributed by atoms with E-state index in [9.17, 15) is 15.0 Å². The molecule has 0 aliphatic heterocycles. The van der Waals surface area contributed by atoms with Gasteiger partial charge in [-0.15, -0.1) is 0 Å². The second-order valence-electron chi connectivity index (χ2n) is 17.5. The Morgan fingerprint density at radius 3 is 1.27 bits per heavy atom. The molecular weight excluding hydrogens is 695 g/mol. The molecule has 0 heterocycles. The number of hydrogen-bond donors (Lipinski definition) is 2. The standard InChI is InChI=1S/C50H101NO5/c1-5-9-13-17-19-29-39-47(37-27-15-11-7-3)49(53)55-45-35-25-22-32-42-51(41-31-21-24-34-44-52)43-33-23-26-36-46-56-50(54)48(38-28-16-12-8-4)40-30-20-18-14-10-6-2/h47-49,52-53H,5-46H2,1-4H3. The lowest BCUT2D eigenvalue weighted by Crippen LogP contribution is -2.27. The number of nitrogens with zero attached hydrogens (tertiary/aromatic N) is 1. The molecule has 0 aromatic rings. The Morgan fingerprint density at radius 1 is 0.446 bits per heavy atom. The number of rotatable bonds is 47. The Morgan fingerprint density at radius 2 is 0.804 bits per heavy atom. The van der Waals surface area contributed by atoms with Gasteiger partial charge in [0.25, 0.3) is 0 Å². The molecule has 0 saturated carbocycles. The topological polar surface area (TPSA) is 79.2 Å². The highest BCUT2D eigenvalue weighted by atomic mass is 16.6. The van der Waals surface area contributed by atoms with Crippen LogP contribution in [0.4, 0.5) is 0 Å². The molecule has 3 atom stereocenters. The zero-order valence-corrected chi connectivity index (χ0v) is 38.5. The SMILES string of the molecule is CCCCCCCCC(CCCCCC)C(=O)OCCCCCCN(CCCCCCO)CCCCCCOC(O)C(CCCCCC)CCCCCCCC. The number of aliphatic hydroxyl groups is 2. The molecule has 336 valence electrons. The van der Waals surface area contributed by atoms with Crippen LogP contribution in [0.2, 0.25) is 0 Å². The molecule has 0 fully saturated rings. The van der Waals surface area contributed by atoms with Crippen molar-refractivity contribution in [2.75, 3.05) is 39.5 Å². The molecule has 56 heavy (non-hydrogen) atoms. The molecule has 0 aromatic heterocycles. The zero-order valence-electron chi connectivity index (χ0n) is 38.5. The van der Waals surface area contributed by atoms with Crippen molar-refractivity contribution in [1.82, 2.24) is 4.90 Å². The van der Waals surface area contributed by atoms with Gasteiger partial charge in [-0.3, -0.25) is 4.79 Å². The molecule has 0 aliphatic rings. The summed E-state index contributed by atoms with van der Waals surface area (Å²) in [6.45, 7) is 14.0. The summed E-state index contributed by atoms with van der Waals surface area (Å²) in [4.78, 5) is 15.7. The van der Waals surface area contributed by atoms with Crippen molar-refractivity contribution in [3.8, 4) is 0 Å². The lowest BCUT2D eigenvalue weighted by atomic mass is 9.93. The fraction of sp³-hybridized carbons (Fsp3) is 0.980. The Balaban J connectivity index is 4.48. The smallest absolute Gasteiger partial charge is 0.308 e. The minimum absolute atomic E-state index is 0.0654. The van der Waals surface area contributed by atoms with Crippen molar-refractivity contribution in [3.63, 3.8) is 0 Å². The van der Waals surface area contributed by atoms with Crippen LogP contribution in [0.25, 0.3) is 0 Å². The minimum Gasteiger partial charge on any atom is -0.465 e. The Kier molecular flexibility index (Phi) is 44.8. The van der Waals surface area contributed by atoms with Crippen LogP contribution in [0.15, 0.2) is 0 Å². The van der Waals surface area contributed by atoms with Gasteiger partial charge in [-0.2, -0.15) is 0 Å². The number of unbranched alkanes of at least 4 members (excludes halogenated alkanes) is 25. The number of aliphatic hydroxyl groups excluding tert-OH is 2. The fourth-order valence-corrected chi connectivity index (χ4v) is 8.17. The molecule has 0 aliphatic carbocycles. The van der Waals surface area contributed by atoms with Gasteiger partial charge < -0.3 is 24.6 Å². The molecule has 3 unspecified atom stereocenters. The lowest BCUT2D eigenvalue weighted by molar-refractivity contribution is -0.149. The van der Waals surface area contributed by atoms with Crippen molar-refractivity contribution in [2.45, 2.75) is 265 Å². The summed E-state index contributed by atoms with van der Waals surface area (Å²) in [6.07, 6.45) is 42.5. The van der Waals surface area contributed by atoms with Gasteiger partial charge in [0.05, 0.1) is 12.5 Å². The highest BCUT2D eigenvalue weighted by molar-refractivity contribution is 5.72. The Labute approximate surface area is 350 Å². The second kappa shape index (κ2) is 45.4. The summed E-state index contributed by atoms with van der Waals surface area (Å²) in [5, 5.41) is 20.1. The third-order valence-corrected chi connectivity index (χ3v) is 12.1. The van der Waals surface area contributed by atoms with E-state index in [2.05, 4.69) is 32.6 Å². The summed E-state index contributed by atoms with van der Waals surface area (Å²) in [6, 6.07) is 0. The van der Waals surface area contributed by atoms with Crippen LogP contribution in [0.5, 0.6) is 0 Å². The molecule has 0 bridgehead atoms. The maximum atomic E-state index is 13.0. The van der Waals surface area contributed by atoms with E-state index in [1.807, 2.05) is 0 Å². The molecule has 0 saturated heterocycles. The average Bonchev–Trinajstić information content (AvgIpc) is 3.20. The van der Waals surface area contributed by atoms with Crippen molar-refractivity contribution in [1.29, 1.82) is 0 Å². The summed E-state index contributed by atoms with van der Waals surface area (Å²) in [5.41, 5.74) is 0. The van der Waals surface area contributed by atoms with E-state index in [1.165, 1.54) is 154 Å². The predicted octanol–water partition coefficient (Wildman–Crippen LogP) is 14.5. The van der Waals surface area contributed by atoms with E-state index >= 15 is 0 Å². The van der Waals surface area contributed by atoms with E-state index in [0.29, 0.717) is 19.8 Å². The molecule has 6 nitrogen and oxygen atoms in total. The van der Waals surface area contributed by atoms with Gasteiger partial charge in [0.2, 0.25) is 0 Å². The number of carbonyl (C=O) groups is 1. The highest BCUT2D eigenvalue weighted by Crippen LogP contribution is 2.24. The third-order valence-electron chi connectivity index (χ3n) is 12.1. The Bertz CT molecular complexity index is 766. The molecule has 6 heteroatoms. The van der Waals surface area contributed by atoms with Gasteiger partial charge in [-0.25, -0.2) is 0 Å². The summed E-state index contributed by atoms with van der Waals surface area (Å²) >= 11 is 0. The van der Waals surface area contributed by atoms with Crippen LogP contribution in [0, 0.1) is 11.8 Å². The van der Waals surface area contributed by atoms with E-state index in [0.717, 1.165) is 96.7 Å². The predicted molar refractivity (Wildman–Crippen MR) is 242 cm³/mol. The quantitative estimate of drug-likeness (QED) is 0.0363. The first-order valence-corrected chi connectivity index (χ1v) is 25.3. The van der Waals surface area contributed by atoms with Crippen molar-refractivity contribution in [2.24, 2.45) is 11.8 Å². The van der Waals surface area contributed by atoms with Crippen molar-refractivity contribution >= 4 is 5.97 Å². The summed E-state index contributed by atoms with van der Waals surface area (Å²) in [7, 11) is 0. The maximum absolute atomic E-state index is 13.0. The van der Waals surface area contributed by atoms with Crippen LogP contribution in [-0.4, -0.2) is 66.8 Å². The van der Waals surface area contributed by atoms with Crippen LogP contribution < -0.4 is 0 Å². The van der Waals surface area contributed by atoms with E-state index < -0.39 is 6.29 Å². The molecule has 0 spiro atoms. The van der Waals surface area contributed by atoms with Gasteiger partial charge in [0.1, 0.15) is 0 Å². The van der Waals surface area contributed by atoms with E-state index in [4.69, 9.17) is 9.47 Å². The molecular formula is C50H101NO5. The summed E-state index contributed by atoms with van der Waals surface area (Å²) < 4.78 is 11.9. The first-order chi connectivity index (χ1) is 27.5. The number of ether oxygens (including phenoxy) is 2. The first-order valence-electron chi connectivity index (χ1n) is 25.3. The monoisotopic (exact) mass is 796 g/mol. The number of esters is 1. The van der Waals surface area contributed by atoms with E-state index in [-0.39, 0.29) is 17.8 Å². The molecule has 2 N–H and O–H groups in total. The van der Waals surface area contributed by atoms with Crippen LogP contribution in [-0.2, 0) is 14.3 Å². The Hall–Kier alpha value is -0.690. The van der Waals surface area contributed by atoms with Gasteiger partial charge in [-0.1, -0.05) is 195 Å². The maximum Gasteiger partial charge on any atom is 0.308 e. The minimum atomic E-state index is -0.604. The van der Waals surface area contributed by atoms with Gasteiger partial charge in [0.15, 0.2) is 6.29 Å². The molecule has 0 aromatic carbocycles. The van der Waals surface area contributed by atoms with Crippen LogP contribution in [0.1, 0.15) is 259 Å². The van der Waals surface area contributed by atoms with E-state index in [1.54, 1.807) is 0 Å². The van der Waals surface area contributed by atoms with Crippen LogP contribution in [0.3, 0.4) is 0 Å². The number of carbonyl (C=O) groups excluding carboxylic acids is 1. The number of hydrogen-bond acceptors (Lipinski definition) is 6. The fourth-order valence-electron chi connectivity index (χ4n) is 8.17. The summed E-state index contributed by atoms with van der Waals surface area (Å²) in [5.74, 6) is 0.451. The lowest BCUT2D eigenvalue weighted by Gasteiger charge is -2.24. The second-order valence-corrected chi connectivity index (χ2v) is 17.5. The molecule has 0 radical (unpaired) electrons. The average molecular weight is 796 g/mol. The zero-order chi connectivity index (χ0) is 41.0. The molecule has 0 rings (SSSR count). The normalized spacial score (nSPS) is 13.4.